The lowest BCUT2D eigenvalue weighted by atomic mass is 9.86. The number of carbonyl (C=O) groups excluding carboxylic acids is 2. The first-order valence-corrected chi connectivity index (χ1v) is 13.7. The van der Waals surface area contributed by atoms with Crippen LogP contribution in [0.4, 0.5) is 0 Å². The number of thiol groups is 2. The Morgan fingerprint density at radius 2 is 0.900 bits per heavy atom. The summed E-state index contributed by atoms with van der Waals surface area (Å²) in [6.45, 7) is 6.57. The highest BCUT2D eigenvalue weighted by atomic mass is 32.1. The average molecular weight is 481 g/mol. The summed E-state index contributed by atoms with van der Waals surface area (Å²) in [7, 11) is 1.42. The third-order valence-corrected chi connectivity index (χ3v) is 6.63. The van der Waals surface area contributed by atoms with Crippen LogP contribution in [0.15, 0.2) is 0 Å². The molecule has 0 rings (SSSR count). The van der Waals surface area contributed by atoms with Crippen molar-refractivity contribution in [2.75, 3.05) is 0 Å². The fraction of sp³-hybridized carbons (Fsp3) is 0.917. The maximum atomic E-state index is 13.0. The van der Waals surface area contributed by atoms with Crippen molar-refractivity contribution in [2.24, 2.45) is 5.92 Å². The minimum absolute atomic E-state index is 0.0490. The Hall–Kier alpha value is 0.430. The van der Waals surface area contributed by atoms with Gasteiger partial charge in [0.2, 0.25) is 0 Å². The van der Waals surface area contributed by atoms with Gasteiger partial charge in [-0.25, -0.2) is 0 Å². The fourth-order valence-corrected chi connectivity index (χ4v) is 4.38. The summed E-state index contributed by atoms with van der Waals surface area (Å²) in [5.41, 5.74) is 0. The van der Waals surface area contributed by atoms with Crippen molar-refractivity contribution in [1.29, 1.82) is 0 Å². The van der Waals surface area contributed by atoms with Crippen LogP contribution in [0.25, 0.3) is 0 Å². The molecule has 0 fully saturated rings. The smallest absolute Gasteiger partial charge is 0.156 e. The first kappa shape index (κ1) is 32.6. The van der Waals surface area contributed by atoms with Crippen molar-refractivity contribution in [2.45, 2.75) is 134 Å². The number of Topliss-reactive ketones (excluding diaryl/α,β-unsaturated/α-hetero) is 2. The van der Waals surface area contributed by atoms with E-state index in [-0.39, 0.29) is 22.1 Å². The van der Waals surface area contributed by atoms with E-state index in [4.69, 9.17) is 4.89 Å². The Labute approximate surface area is 200 Å². The Morgan fingerprint density at radius 1 is 0.600 bits per heavy atom. The molecule has 6 heteroatoms. The molecule has 0 aromatic heterocycles. The standard InChI is InChI=1S/C24H46O2S2.H3OP/c1-4-7-10-13-14-17-20(23(25)21(27)18-15-11-8-5-2)24(26)22(28)19-16-12-9-6-3;1-2/h20-22,27-28H,4-19H2,1-3H3;1H,2H2. The molecule has 0 saturated carbocycles. The van der Waals surface area contributed by atoms with E-state index in [1.165, 1.54) is 54.4 Å². The monoisotopic (exact) mass is 480 g/mol. The predicted octanol–water partition coefficient (Wildman–Crippen LogP) is 7.41. The summed E-state index contributed by atoms with van der Waals surface area (Å²) in [4.78, 5) is 33.0. The molecule has 1 N–H and O–H groups in total. The highest BCUT2D eigenvalue weighted by Crippen LogP contribution is 2.24. The Kier molecular flexibility index (Phi) is 26.2. The van der Waals surface area contributed by atoms with Crippen molar-refractivity contribution in [3.8, 4) is 0 Å². The van der Waals surface area contributed by atoms with Gasteiger partial charge >= 0.3 is 0 Å². The Bertz CT molecular complexity index is 378. The van der Waals surface area contributed by atoms with Crippen molar-refractivity contribution in [3.05, 3.63) is 0 Å². The molecule has 30 heavy (non-hydrogen) atoms. The maximum Gasteiger partial charge on any atom is 0.156 e. The summed E-state index contributed by atoms with van der Waals surface area (Å²) in [5.74, 6) is -0.398. The van der Waals surface area contributed by atoms with E-state index in [0.29, 0.717) is 6.42 Å². The molecule has 0 aliphatic carbocycles. The molecule has 0 aliphatic rings. The second-order valence-corrected chi connectivity index (χ2v) is 9.54. The SMILES string of the molecule is CCCCCCCC(C(=O)C(S)CCCCCC)C(=O)C(S)CCCCCC.OP. The number of rotatable bonds is 20. The van der Waals surface area contributed by atoms with Crippen molar-refractivity contribution in [1.82, 2.24) is 0 Å². The number of unbranched alkanes of at least 4 members (excludes halogenated alkanes) is 10. The minimum Gasteiger partial charge on any atom is -0.380 e. The molecule has 0 radical (unpaired) electrons. The molecule has 0 aliphatic heterocycles. The van der Waals surface area contributed by atoms with E-state index in [1.807, 2.05) is 0 Å². The van der Waals surface area contributed by atoms with Gasteiger partial charge in [-0.05, 0) is 28.7 Å². The summed E-state index contributed by atoms with van der Waals surface area (Å²) < 4.78 is 0. The van der Waals surface area contributed by atoms with Gasteiger partial charge in [0.05, 0.1) is 16.4 Å². The Morgan fingerprint density at radius 3 is 1.27 bits per heavy atom. The topological polar surface area (TPSA) is 54.4 Å². The molecule has 3 atom stereocenters. The van der Waals surface area contributed by atoms with E-state index in [1.54, 1.807) is 0 Å². The van der Waals surface area contributed by atoms with Gasteiger partial charge in [-0.1, -0.05) is 104 Å². The molecular formula is C24H49O3PS2. The lowest BCUT2D eigenvalue weighted by Crippen LogP contribution is -2.35. The van der Waals surface area contributed by atoms with Crippen molar-refractivity contribution in [3.63, 3.8) is 0 Å². The van der Waals surface area contributed by atoms with Gasteiger partial charge in [-0.2, -0.15) is 25.3 Å². The van der Waals surface area contributed by atoms with Gasteiger partial charge in [-0.15, -0.1) is 0 Å². The summed E-state index contributed by atoms with van der Waals surface area (Å²) >= 11 is 9.16. The van der Waals surface area contributed by atoms with E-state index in [2.05, 4.69) is 46.0 Å². The van der Waals surface area contributed by atoms with Crippen LogP contribution >= 0.6 is 34.7 Å². The number of carbonyl (C=O) groups is 2. The Balaban J connectivity index is 0. The van der Waals surface area contributed by atoms with Gasteiger partial charge in [0.1, 0.15) is 0 Å². The third-order valence-electron chi connectivity index (χ3n) is 5.60. The van der Waals surface area contributed by atoms with Crippen LogP contribution in [0.1, 0.15) is 124 Å². The molecular weight excluding hydrogens is 431 g/mol. The van der Waals surface area contributed by atoms with E-state index in [0.717, 1.165) is 51.4 Å². The van der Waals surface area contributed by atoms with Crippen LogP contribution in [0.2, 0.25) is 0 Å². The average Bonchev–Trinajstić information content (AvgIpc) is 2.77. The van der Waals surface area contributed by atoms with Gasteiger partial charge < -0.3 is 4.89 Å². The highest BCUT2D eigenvalue weighted by molar-refractivity contribution is 7.82. The van der Waals surface area contributed by atoms with Crippen LogP contribution in [0, 0.1) is 5.92 Å². The largest absolute Gasteiger partial charge is 0.380 e. The predicted molar refractivity (Wildman–Crippen MR) is 142 cm³/mol. The molecule has 0 saturated heterocycles. The zero-order valence-electron chi connectivity index (χ0n) is 19.8. The molecule has 0 bridgehead atoms. The van der Waals surface area contributed by atoms with Crippen LogP contribution in [0.5, 0.6) is 0 Å². The van der Waals surface area contributed by atoms with Crippen LogP contribution in [0.3, 0.4) is 0 Å². The molecule has 180 valence electrons. The van der Waals surface area contributed by atoms with Gasteiger partial charge in [0.15, 0.2) is 11.6 Å². The van der Waals surface area contributed by atoms with E-state index < -0.39 is 5.92 Å². The lowest BCUT2D eigenvalue weighted by molar-refractivity contribution is -0.132. The highest BCUT2D eigenvalue weighted by Gasteiger charge is 2.32. The third kappa shape index (κ3) is 17.0. The quantitative estimate of drug-likeness (QED) is 0.0736. The van der Waals surface area contributed by atoms with Crippen molar-refractivity contribution >= 4 is 46.3 Å². The zero-order chi connectivity index (χ0) is 23.2. The van der Waals surface area contributed by atoms with E-state index in [9.17, 15) is 9.59 Å². The zero-order valence-corrected chi connectivity index (χ0v) is 22.7. The van der Waals surface area contributed by atoms with Crippen LogP contribution in [-0.2, 0) is 9.59 Å². The molecule has 0 amide bonds. The summed E-state index contributed by atoms with van der Waals surface area (Å²) in [6, 6.07) is 0. The molecule has 0 spiro atoms. The fourth-order valence-electron chi connectivity index (χ4n) is 3.65. The second kappa shape index (κ2) is 24.1. The number of hydrogen-bond donors (Lipinski definition) is 3. The molecule has 0 aromatic rings. The molecule has 0 aromatic carbocycles. The number of hydrogen-bond acceptors (Lipinski definition) is 5. The number of ketones is 2. The minimum atomic E-state index is -0.496. The van der Waals surface area contributed by atoms with E-state index >= 15 is 0 Å². The first-order valence-electron chi connectivity index (χ1n) is 12.2. The van der Waals surface area contributed by atoms with Crippen LogP contribution in [-0.4, -0.2) is 27.0 Å². The summed E-state index contributed by atoms with van der Waals surface area (Å²) in [5, 5.41) is -0.607. The molecule has 0 heterocycles. The second-order valence-electron chi connectivity index (χ2n) is 8.29. The summed E-state index contributed by atoms with van der Waals surface area (Å²) in [6.07, 6.45) is 17.0. The lowest BCUT2D eigenvalue weighted by Gasteiger charge is -2.21. The first-order chi connectivity index (χ1) is 14.5. The maximum absolute atomic E-state index is 13.0. The molecule has 3 nitrogen and oxygen atoms in total. The normalized spacial score (nSPS) is 13.8. The van der Waals surface area contributed by atoms with Crippen LogP contribution < -0.4 is 0 Å². The van der Waals surface area contributed by atoms with Crippen molar-refractivity contribution < 1.29 is 14.5 Å². The van der Waals surface area contributed by atoms with Gasteiger partial charge in [0, 0.05) is 0 Å². The van der Waals surface area contributed by atoms with Gasteiger partial charge in [0.25, 0.3) is 0 Å². The van der Waals surface area contributed by atoms with Gasteiger partial charge in [-0.3, -0.25) is 9.59 Å². The molecule has 3 unspecified atom stereocenters.